The molecule has 19 heavy (non-hydrogen) atoms. The van der Waals surface area contributed by atoms with Gasteiger partial charge in [0.2, 0.25) is 0 Å². The Morgan fingerprint density at radius 1 is 1.53 bits per heavy atom. The van der Waals surface area contributed by atoms with Crippen LogP contribution in [0.3, 0.4) is 0 Å². The van der Waals surface area contributed by atoms with Crippen molar-refractivity contribution >= 4 is 11.6 Å². The topological polar surface area (TPSA) is 82.2 Å². The third-order valence-electron chi connectivity index (χ3n) is 2.42. The minimum absolute atomic E-state index is 0.253. The van der Waals surface area contributed by atoms with E-state index in [9.17, 15) is 4.79 Å². The number of carbonyl (C=O) groups is 1. The smallest absolute Gasteiger partial charge is 0.275 e. The van der Waals surface area contributed by atoms with E-state index in [0.29, 0.717) is 30.3 Å². The molecular formula is C13H16N4O2. The number of nitrogens with two attached hydrogens (primary N) is 1. The Morgan fingerprint density at radius 2 is 2.37 bits per heavy atom. The molecule has 0 atom stereocenters. The molecule has 0 fully saturated rings. The summed E-state index contributed by atoms with van der Waals surface area (Å²) in [6.07, 6.45) is 3.24. The van der Waals surface area contributed by atoms with Crippen LogP contribution in [0.2, 0.25) is 0 Å². The lowest BCUT2D eigenvalue weighted by Crippen LogP contribution is -2.13. The van der Waals surface area contributed by atoms with Crippen molar-refractivity contribution in [3.05, 3.63) is 42.5 Å². The normalized spacial score (nSPS) is 10.2. The minimum Gasteiger partial charge on any atom is -0.492 e. The summed E-state index contributed by atoms with van der Waals surface area (Å²) in [5.74, 6) is 0.417. The van der Waals surface area contributed by atoms with Crippen molar-refractivity contribution < 1.29 is 9.53 Å². The molecule has 0 saturated carbocycles. The zero-order chi connectivity index (χ0) is 13.7. The van der Waals surface area contributed by atoms with E-state index in [2.05, 4.69) is 10.3 Å². The van der Waals surface area contributed by atoms with Crippen LogP contribution >= 0.6 is 0 Å². The lowest BCUT2D eigenvalue weighted by Gasteiger charge is -2.07. The summed E-state index contributed by atoms with van der Waals surface area (Å²) in [4.78, 5) is 15.9. The average molecular weight is 260 g/mol. The summed E-state index contributed by atoms with van der Waals surface area (Å²) < 4.78 is 7.11. The Hall–Kier alpha value is -2.34. The molecule has 100 valence electrons. The van der Waals surface area contributed by atoms with Crippen LogP contribution in [-0.4, -0.2) is 28.6 Å². The first kappa shape index (κ1) is 13.1. The molecule has 1 aromatic heterocycles. The number of nitrogens with zero attached hydrogens (tertiary/aromatic N) is 2. The van der Waals surface area contributed by atoms with Gasteiger partial charge in [0.05, 0.1) is 6.33 Å². The van der Waals surface area contributed by atoms with Crippen molar-refractivity contribution in [3.8, 4) is 5.75 Å². The van der Waals surface area contributed by atoms with Crippen LogP contribution in [-0.2, 0) is 7.05 Å². The second-order valence-corrected chi connectivity index (χ2v) is 4.04. The van der Waals surface area contributed by atoms with Crippen LogP contribution in [0, 0.1) is 0 Å². The quantitative estimate of drug-likeness (QED) is 0.840. The highest BCUT2D eigenvalue weighted by atomic mass is 16.5. The molecule has 1 aromatic carbocycles. The first-order valence-electron chi connectivity index (χ1n) is 5.91. The fourth-order valence-electron chi connectivity index (χ4n) is 1.57. The van der Waals surface area contributed by atoms with E-state index in [1.54, 1.807) is 35.3 Å². The predicted octanol–water partition coefficient (Wildman–Crippen LogP) is 1.01. The minimum atomic E-state index is -0.253. The number of hydrogen-bond acceptors (Lipinski definition) is 4. The Balaban J connectivity index is 2.04. The van der Waals surface area contributed by atoms with Crippen molar-refractivity contribution in [2.75, 3.05) is 18.5 Å². The van der Waals surface area contributed by atoms with Crippen molar-refractivity contribution in [3.63, 3.8) is 0 Å². The third kappa shape index (κ3) is 3.56. The first-order valence-corrected chi connectivity index (χ1v) is 5.91. The molecule has 0 saturated heterocycles. The number of rotatable bonds is 5. The molecule has 0 aliphatic carbocycles. The van der Waals surface area contributed by atoms with E-state index < -0.39 is 0 Å². The monoisotopic (exact) mass is 260 g/mol. The molecule has 0 bridgehead atoms. The van der Waals surface area contributed by atoms with Gasteiger partial charge in [-0.1, -0.05) is 6.07 Å². The number of anilines is 1. The first-order chi connectivity index (χ1) is 9.19. The Morgan fingerprint density at radius 3 is 3.05 bits per heavy atom. The summed E-state index contributed by atoms with van der Waals surface area (Å²) in [5, 5.41) is 2.76. The largest absolute Gasteiger partial charge is 0.492 e. The highest BCUT2D eigenvalue weighted by Gasteiger charge is 2.09. The molecule has 0 spiro atoms. The predicted molar refractivity (Wildman–Crippen MR) is 72.2 cm³/mol. The molecule has 0 aliphatic rings. The second-order valence-electron chi connectivity index (χ2n) is 4.04. The van der Waals surface area contributed by atoms with E-state index >= 15 is 0 Å². The van der Waals surface area contributed by atoms with Crippen LogP contribution < -0.4 is 15.8 Å². The van der Waals surface area contributed by atoms with Crippen LogP contribution in [0.1, 0.15) is 10.5 Å². The molecule has 0 unspecified atom stereocenters. The highest BCUT2D eigenvalue weighted by molar-refractivity contribution is 6.02. The molecule has 6 heteroatoms. The van der Waals surface area contributed by atoms with Crippen molar-refractivity contribution in [2.45, 2.75) is 0 Å². The number of nitrogens with one attached hydrogen (secondary N) is 1. The number of benzene rings is 1. The zero-order valence-electron chi connectivity index (χ0n) is 10.7. The Labute approximate surface area is 111 Å². The molecule has 0 aliphatic heterocycles. The van der Waals surface area contributed by atoms with Gasteiger partial charge in [-0.05, 0) is 12.1 Å². The second kappa shape index (κ2) is 6.01. The van der Waals surface area contributed by atoms with Crippen molar-refractivity contribution in [1.29, 1.82) is 0 Å². The van der Waals surface area contributed by atoms with Gasteiger partial charge in [0.25, 0.3) is 5.91 Å². The number of imidazole rings is 1. The van der Waals surface area contributed by atoms with Crippen molar-refractivity contribution in [1.82, 2.24) is 9.55 Å². The van der Waals surface area contributed by atoms with E-state index in [1.165, 1.54) is 0 Å². The lowest BCUT2D eigenvalue weighted by molar-refractivity contribution is 0.102. The van der Waals surface area contributed by atoms with Gasteiger partial charge < -0.3 is 20.4 Å². The van der Waals surface area contributed by atoms with Gasteiger partial charge in [0, 0.05) is 31.5 Å². The average Bonchev–Trinajstić information content (AvgIpc) is 2.83. The standard InChI is InChI=1S/C13H16N4O2/c1-17-8-12(15-9-17)13(18)16-10-3-2-4-11(7-10)19-6-5-14/h2-4,7-9H,5-6,14H2,1H3,(H,16,18). The molecular weight excluding hydrogens is 244 g/mol. The number of ether oxygens (including phenoxy) is 1. The highest BCUT2D eigenvalue weighted by Crippen LogP contribution is 2.17. The number of amides is 1. The maximum atomic E-state index is 11.9. The molecule has 6 nitrogen and oxygen atoms in total. The molecule has 1 heterocycles. The maximum absolute atomic E-state index is 11.9. The summed E-state index contributed by atoms with van der Waals surface area (Å²) in [6, 6.07) is 7.15. The fourth-order valence-corrected chi connectivity index (χ4v) is 1.57. The van der Waals surface area contributed by atoms with E-state index in [0.717, 1.165) is 0 Å². The van der Waals surface area contributed by atoms with Crippen LogP contribution in [0.4, 0.5) is 5.69 Å². The third-order valence-corrected chi connectivity index (χ3v) is 2.42. The Kier molecular flexibility index (Phi) is 4.15. The zero-order valence-corrected chi connectivity index (χ0v) is 10.7. The van der Waals surface area contributed by atoms with E-state index in [4.69, 9.17) is 10.5 Å². The van der Waals surface area contributed by atoms with Gasteiger partial charge in [0.15, 0.2) is 0 Å². The van der Waals surface area contributed by atoms with Gasteiger partial charge >= 0.3 is 0 Å². The lowest BCUT2D eigenvalue weighted by atomic mass is 10.3. The number of carbonyl (C=O) groups excluding carboxylic acids is 1. The number of hydrogen-bond donors (Lipinski definition) is 2. The molecule has 2 rings (SSSR count). The maximum Gasteiger partial charge on any atom is 0.275 e. The number of aryl methyl sites for hydroxylation is 1. The summed E-state index contributed by atoms with van der Waals surface area (Å²) in [7, 11) is 1.81. The van der Waals surface area contributed by atoms with Gasteiger partial charge in [-0.3, -0.25) is 4.79 Å². The van der Waals surface area contributed by atoms with Gasteiger partial charge in [0.1, 0.15) is 18.1 Å². The fraction of sp³-hybridized carbons (Fsp3) is 0.231. The summed E-state index contributed by atoms with van der Waals surface area (Å²) >= 11 is 0. The van der Waals surface area contributed by atoms with Crippen LogP contribution in [0.15, 0.2) is 36.8 Å². The van der Waals surface area contributed by atoms with Crippen LogP contribution in [0.25, 0.3) is 0 Å². The summed E-state index contributed by atoms with van der Waals surface area (Å²) in [6.45, 7) is 0.891. The van der Waals surface area contributed by atoms with Gasteiger partial charge in [-0.25, -0.2) is 4.98 Å². The van der Waals surface area contributed by atoms with Crippen LogP contribution in [0.5, 0.6) is 5.75 Å². The van der Waals surface area contributed by atoms with Gasteiger partial charge in [-0.2, -0.15) is 0 Å². The Bertz CT molecular complexity index is 565. The van der Waals surface area contributed by atoms with E-state index in [-0.39, 0.29) is 5.91 Å². The molecule has 2 aromatic rings. The van der Waals surface area contributed by atoms with Gasteiger partial charge in [-0.15, -0.1) is 0 Å². The SMILES string of the molecule is Cn1cnc(C(=O)Nc2cccc(OCCN)c2)c1. The molecule has 1 amide bonds. The summed E-state index contributed by atoms with van der Waals surface area (Å²) in [5.41, 5.74) is 6.40. The van der Waals surface area contributed by atoms with E-state index in [1.807, 2.05) is 13.1 Å². The van der Waals surface area contributed by atoms with Crippen molar-refractivity contribution in [2.24, 2.45) is 12.8 Å². The molecule has 0 radical (unpaired) electrons. The molecule has 3 N–H and O–H groups in total. The number of aromatic nitrogens is 2.